The maximum atomic E-state index is 13.4. The Hall–Kier alpha value is -4.72. The van der Waals surface area contributed by atoms with Crippen molar-refractivity contribution >= 4 is 28.7 Å². The first-order valence-corrected chi connectivity index (χ1v) is 11.7. The van der Waals surface area contributed by atoms with Crippen LogP contribution in [-0.2, 0) is 11.8 Å². The lowest BCUT2D eigenvalue weighted by molar-refractivity contribution is -0.135. The van der Waals surface area contributed by atoms with Gasteiger partial charge >= 0.3 is 5.97 Å². The molecule has 0 aliphatic carbocycles. The van der Waals surface area contributed by atoms with E-state index in [0.717, 1.165) is 22.0 Å². The topological polar surface area (TPSA) is 96.2 Å². The van der Waals surface area contributed by atoms with E-state index in [4.69, 9.17) is 18.9 Å². The van der Waals surface area contributed by atoms with Crippen molar-refractivity contribution < 1.29 is 33.6 Å². The summed E-state index contributed by atoms with van der Waals surface area (Å²) in [7, 11) is 5.00. The van der Waals surface area contributed by atoms with Crippen LogP contribution in [0.25, 0.3) is 17.0 Å². The second-order valence-electron chi connectivity index (χ2n) is 9.03. The van der Waals surface area contributed by atoms with Crippen molar-refractivity contribution in [2.24, 2.45) is 7.05 Å². The number of Topliss-reactive ketones (excluding diaryl/α,β-unsaturated/α-hetero) is 1. The summed E-state index contributed by atoms with van der Waals surface area (Å²) < 4.78 is 24.3. The molecule has 0 bridgehead atoms. The number of aryl methyl sites for hydroxylation is 1. The number of nitrogens with zero attached hydrogens (tertiary/aromatic N) is 1. The van der Waals surface area contributed by atoms with E-state index in [0.29, 0.717) is 28.4 Å². The van der Waals surface area contributed by atoms with E-state index < -0.39 is 11.9 Å². The molecular formula is C29H23NO7. The molecule has 1 aromatic heterocycles. The lowest BCUT2D eigenvalue weighted by Gasteiger charge is -2.26. The van der Waals surface area contributed by atoms with Crippen molar-refractivity contribution in [1.29, 1.82) is 0 Å². The van der Waals surface area contributed by atoms with Gasteiger partial charge in [0, 0.05) is 41.2 Å². The summed E-state index contributed by atoms with van der Waals surface area (Å²) in [5.74, 6) is 0.787. The Labute approximate surface area is 212 Å². The van der Waals surface area contributed by atoms with Gasteiger partial charge in [-0.2, -0.15) is 0 Å². The summed E-state index contributed by atoms with van der Waals surface area (Å²) in [6.07, 6.45) is 3.71. The van der Waals surface area contributed by atoms with Crippen molar-refractivity contribution in [1.82, 2.24) is 4.57 Å². The fraction of sp³-hybridized carbons (Fsp3) is 0.172. The van der Waals surface area contributed by atoms with Gasteiger partial charge in [-0.1, -0.05) is 6.07 Å². The molecule has 186 valence electrons. The third kappa shape index (κ3) is 3.60. The fourth-order valence-electron chi connectivity index (χ4n) is 5.09. The van der Waals surface area contributed by atoms with Crippen molar-refractivity contribution in [3.63, 3.8) is 0 Å². The van der Waals surface area contributed by atoms with Gasteiger partial charge in [0.1, 0.15) is 17.2 Å². The number of hydrogen-bond donors (Lipinski definition) is 1. The van der Waals surface area contributed by atoms with Crippen LogP contribution < -0.4 is 18.9 Å². The molecule has 1 N–H and O–H groups in total. The fourth-order valence-corrected chi connectivity index (χ4v) is 5.09. The summed E-state index contributed by atoms with van der Waals surface area (Å²) in [6, 6.07) is 13.9. The quantitative estimate of drug-likeness (QED) is 0.242. The van der Waals surface area contributed by atoms with Gasteiger partial charge in [-0.15, -0.1) is 0 Å². The number of hydrogen-bond acceptors (Lipinski definition) is 7. The predicted octanol–water partition coefficient (Wildman–Crippen LogP) is 4.96. The molecule has 0 saturated heterocycles. The Kier molecular flexibility index (Phi) is 5.19. The summed E-state index contributed by atoms with van der Waals surface area (Å²) >= 11 is 0. The molecule has 6 rings (SSSR count). The zero-order valence-electron chi connectivity index (χ0n) is 20.4. The van der Waals surface area contributed by atoms with Gasteiger partial charge in [0.25, 0.3) is 0 Å². The lowest BCUT2D eigenvalue weighted by Crippen LogP contribution is -2.21. The second-order valence-corrected chi connectivity index (χ2v) is 9.03. The highest BCUT2D eigenvalue weighted by Crippen LogP contribution is 2.49. The average Bonchev–Trinajstić information content (AvgIpc) is 3.39. The molecule has 4 aromatic rings. The Morgan fingerprint density at radius 3 is 2.65 bits per heavy atom. The van der Waals surface area contributed by atoms with Gasteiger partial charge in [-0.3, -0.25) is 9.59 Å². The van der Waals surface area contributed by atoms with Gasteiger partial charge in [-0.05, 0) is 54.1 Å². The number of ether oxygens (including phenoxy) is 4. The minimum atomic E-state index is -0.449. The minimum absolute atomic E-state index is 0.00786. The largest absolute Gasteiger partial charge is 0.504 e. The van der Waals surface area contributed by atoms with E-state index in [9.17, 15) is 14.7 Å². The molecule has 3 heterocycles. The van der Waals surface area contributed by atoms with E-state index in [1.54, 1.807) is 37.5 Å². The Morgan fingerprint density at radius 1 is 1.03 bits per heavy atom. The second kappa shape index (κ2) is 8.44. The Morgan fingerprint density at radius 2 is 1.86 bits per heavy atom. The number of esters is 1. The van der Waals surface area contributed by atoms with Crippen LogP contribution in [0.5, 0.6) is 28.7 Å². The van der Waals surface area contributed by atoms with E-state index in [2.05, 4.69) is 0 Å². The summed E-state index contributed by atoms with van der Waals surface area (Å²) in [4.78, 5) is 25.9. The number of carbonyl (C=O) groups is 2. The number of methoxy groups -OCH3 is 2. The van der Waals surface area contributed by atoms with Gasteiger partial charge in [0.05, 0.1) is 26.2 Å². The van der Waals surface area contributed by atoms with Crippen LogP contribution in [0.4, 0.5) is 0 Å². The number of phenolic OH excluding ortho intramolecular Hbond substituents is 1. The third-order valence-corrected chi connectivity index (χ3v) is 6.90. The average molecular weight is 498 g/mol. The first-order chi connectivity index (χ1) is 17.9. The molecule has 2 aliphatic rings. The monoisotopic (exact) mass is 497 g/mol. The van der Waals surface area contributed by atoms with Gasteiger partial charge in [-0.25, -0.2) is 0 Å². The highest BCUT2D eigenvalue weighted by atomic mass is 16.5. The van der Waals surface area contributed by atoms with Crippen molar-refractivity contribution in [3.05, 3.63) is 82.7 Å². The normalized spacial score (nSPS) is 17.4. The minimum Gasteiger partial charge on any atom is -0.504 e. The van der Waals surface area contributed by atoms with Gasteiger partial charge in [0.2, 0.25) is 5.78 Å². The standard InChI is InChI=1S/C29H23NO7/c1-30-14-16(19-12-17(34-2)5-7-21(19)30)11-25-28(33)18-6-9-23-27(29(18)37-25)20(13-26(32)36-23)15-4-8-22(31)24(10-15)35-3/h4-12,14,20,31H,13H2,1-3H3. The lowest BCUT2D eigenvalue weighted by atomic mass is 9.84. The smallest absolute Gasteiger partial charge is 0.312 e. The van der Waals surface area contributed by atoms with Crippen molar-refractivity contribution in [2.45, 2.75) is 12.3 Å². The first-order valence-electron chi connectivity index (χ1n) is 11.7. The molecule has 8 nitrogen and oxygen atoms in total. The van der Waals surface area contributed by atoms with Gasteiger partial charge < -0.3 is 28.6 Å². The maximum absolute atomic E-state index is 13.4. The maximum Gasteiger partial charge on any atom is 0.312 e. The van der Waals surface area contributed by atoms with Crippen LogP contribution in [0.15, 0.2) is 60.5 Å². The molecule has 1 unspecified atom stereocenters. The van der Waals surface area contributed by atoms with E-state index in [1.807, 2.05) is 36.0 Å². The molecule has 0 spiro atoms. The molecule has 0 amide bonds. The van der Waals surface area contributed by atoms with Crippen molar-refractivity contribution in [2.75, 3.05) is 14.2 Å². The number of fused-ring (bicyclic) bond motifs is 4. The number of allylic oxidation sites excluding steroid dienone is 1. The number of aromatic hydroxyl groups is 1. The molecule has 3 aromatic carbocycles. The SMILES string of the molecule is COc1ccc2c(c1)c(C=C1Oc3c(ccc4c3C(c3ccc(O)c(OC)c3)CC(=O)O4)C1=O)cn2C. The number of ketones is 1. The van der Waals surface area contributed by atoms with Crippen molar-refractivity contribution in [3.8, 4) is 28.7 Å². The van der Waals surface area contributed by atoms with E-state index in [-0.39, 0.29) is 29.5 Å². The number of rotatable bonds is 4. The Bertz CT molecular complexity index is 1650. The molecule has 0 fully saturated rings. The van der Waals surface area contributed by atoms with E-state index in [1.165, 1.54) is 13.2 Å². The summed E-state index contributed by atoms with van der Waals surface area (Å²) in [5.41, 5.74) is 3.54. The predicted molar refractivity (Wildman–Crippen MR) is 136 cm³/mol. The third-order valence-electron chi connectivity index (χ3n) is 6.90. The zero-order valence-corrected chi connectivity index (χ0v) is 20.4. The van der Waals surface area contributed by atoms with Crippen LogP contribution in [0, 0.1) is 0 Å². The molecule has 1 atom stereocenters. The molecular weight excluding hydrogens is 474 g/mol. The van der Waals surface area contributed by atoms with Crippen LogP contribution in [0.2, 0.25) is 0 Å². The van der Waals surface area contributed by atoms with E-state index >= 15 is 0 Å². The summed E-state index contributed by atoms with van der Waals surface area (Å²) in [6.45, 7) is 0. The van der Waals surface area contributed by atoms with Crippen LogP contribution in [0.1, 0.15) is 39.4 Å². The zero-order chi connectivity index (χ0) is 25.8. The molecule has 8 heteroatoms. The van der Waals surface area contributed by atoms with Gasteiger partial charge in [0.15, 0.2) is 17.3 Å². The number of carbonyl (C=O) groups excluding carboxylic acids is 2. The highest BCUT2D eigenvalue weighted by Gasteiger charge is 2.38. The van der Waals surface area contributed by atoms with Crippen LogP contribution in [0.3, 0.4) is 0 Å². The Balaban J connectivity index is 1.46. The number of aromatic nitrogens is 1. The molecule has 37 heavy (non-hydrogen) atoms. The molecule has 0 radical (unpaired) electrons. The molecule has 2 aliphatic heterocycles. The highest BCUT2D eigenvalue weighted by molar-refractivity contribution is 6.15. The van der Waals surface area contributed by atoms with Crippen LogP contribution in [-0.4, -0.2) is 35.6 Å². The number of benzene rings is 3. The number of phenols is 1. The van der Waals surface area contributed by atoms with Crippen LogP contribution >= 0.6 is 0 Å². The first kappa shape index (κ1) is 22.7. The molecule has 0 saturated carbocycles. The summed E-state index contributed by atoms with van der Waals surface area (Å²) in [5, 5.41) is 11.0.